The number of halogens is 1. The second-order valence-corrected chi connectivity index (χ2v) is 8.09. The fourth-order valence-electron chi connectivity index (χ4n) is 4.39. The van der Waals surface area contributed by atoms with Crippen molar-refractivity contribution in [2.45, 2.75) is 18.8 Å². The molecule has 5 rings (SSSR count). The Labute approximate surface area is 185 Å². The lowest BCUT2D eigenvalue weighted by atomic mass is 9.92. The molecule has 0 aliphatic carbocycles. The largest absolute Gasteiger partial charge is 0.478 e. The summed E-state index contributed by atoms with van der Waals surface area (Å²) in [6, 6.07) is 19.3. The molecule has 2 aromatic carbocycles. The Bertz CT molecular complexity index is 1270. The van der Waals surface area contributed by atoms with Crippen LogP contribution in [0.1, 0.15) is 34.8 Å². The van der Waals surface area contributed by atoms with Gasteiger partial charge in [-0.2, -0.15) is 0 Å². The Kier molecular flexibility index (Phi) is 5.27. The van der Waals surface area contributed by atoms with Crippen LogP contribution in [0.3, 0.4) is 0 Å². The Morgan fingerprint density at radius 1 is 1.00 bits per heavy atom. The first-order valence-electron chi connectivity index (χ1n) is 10.7. The lowest BCUT2D eigenvalue weighted by molar-refractivity contribution is 0.0697. The van der Waals surface area contributed by atoms with Crippen LogP contribution in [0.15, 0.2) is 72.9 Å². The second kappa shape index (κ2) is 8.38. The maximum absolute atomic E-state index is 13.5. The van der Waals surface area contributed by atoms with Crippen molar-refractivity contribution in [2.24, 2.45) is 0 Å². The minimum Gasteiger partial charge on any atom is -0.478 e. The zero-order valence-corrected chi connectivity index (χ0v) is 17.4. The number of hydrogen-bond donors (Lipinski definition) is 1. The van der Waals surface area contributed by atoms with E-state index in [9.17, 15) is 14.3 Å². The van der Waals surface area contributed by atoms with Gasteiger partial charge in [0.25, 0.3) is 0 Å². The third-order valence-corrected chi connectivity index (χ3v) is 6.10. The van der Waals surface area contributed by atoms with Crippen molar-refractivity contribution in [3.63, 3.8) is 0 Å². The molecule has 0 saturated carbocycles. The first-order valence-corrected chi connectivity index (χ1v) is 10.7. The van der Waals surface area contributed by atoms with Gasteiger partial charge in [-0.1, -0.05) is 6.07 Å². The summed E-state index contributed by atoms with van der Waals surface area (Å²) in [4.78, 5) is 23.1. The molecule has 160 valence electrons. The number of anilines is 1. The molecule has 1 fully saturated rings. The van der Waals surface area contributed by atoms with Gasteiger partial charge in [-0.3, -0.25) is 4.98 Å². The van der Waals surface area contributed by atoms with Crippen LogP contribution in [-0.4, -0.2) is 34.1 Å². The van der Waals surface area contributed by atoms with Gasteiger partial charge in [-0.15, -0.1) is 0 Å². The maximum atomic E-state index is 13.5. The molecule has 0 radical (unpaired) electrons. The molecular formula is C26H22FN3O2. The number of piperidine rings is 1. The number of aromatic nitrogens is 2. The van der Waals surface area contributed by atoms with Crippen molar-refractivity contribution in [1.29, 1.82) is 0 Å². The molecule has 0 bridgehead atoms. The van der Waals surface area contributed by atoms with Crippen LogP contribution in [0.2, 0.25) is 0 Å². The molecule has 5 nitrogen and oxygen atoms in total. The number of fused-ring (bicyclic) bond motifs is 1. The molecule has 2 aromatic heterocycles. The third kappa shape index (κ3) is 3.91. The van der Waals surface area contributed by atoms with Crippen LogP contribution < -0.4 is 4.90 Å². The van der Waals surface area contributed by atoms with Crippen LogP contribution in [0.4, 0.5) is 10.1 Å². The number of benzene rings is 2. The zero-order chi connectivity index (χ0) is 22.1. The standard InChI is InChI=1S/C26H22FN3O2/c27-21-7-4-18(5-8-21)25-24(16-20-15-19(26(31)32)6-9-23(20)29-25)30-13-10-17(11-14-30)22-3-1-2-12-28-22/h1-9,12,15-17H,10-11,13-14H2,(H,31,32). The van der Waals surface area contributed by atoms with E-state index in [1.165, 1.54) is 12.1 Å². The summed E-state index contributed by atoms with van der Waals surface area (Å²) < 4.78 is 13.5. The second-order valence-electron chi connectivity index (χ2n) is 8.09. The van der Waals surface area contributed by atoms with Gasteiger partial charge in [-0.05, 0) is 73.5 Å². The average Bonchev–Trinajstić information content (AvgIpc) is 2.84. The molecule has 32 heavy (non-hydrogen) atoms. The Hall–Kier alpha value is -3.80. The molecule has 1 N–H and O–H groups in total. The number of carboxylic acid groups (broad SMARTS) is 1. The predicted molar refractivity (Wildman–Crippen MR) is 123 cm³/mol. The van der Waals surface area contributed by atoms with E-state index in [4.69, 9.17) is 4.98 Å². The van der Waals surface area contributed by atoms with Gasteiger partial charge in [0.05, 0.1) is 22.5 Å². The summed E-state index contributed by atoms with van der Waals surface area (Å²) in [6.07, 6.45) is 3.77. The Morgan fingerprint density at radius 3 is 2.47 bits per heavy atom. The topological polar surface area (TPSA) is 66.3 Å². The van der Waals surface area contributed by atoms with Crippen molar-refractivity contribution in [3.05, 3.63) is 90.0 Å². The molecule has 1 saturated heterocycles. The summed E-state index contributed by atoms with van der Waals surface area (Å²) in [6.45, 7) is 1.67. The minimum absolute atomic E-state index is 0.230. The highest BCUT2D eigenvalue weighted by Crippen LogP contribution is 2.36. The average molecular weight is 427 g/mol. The summed E-state index contributed by atoms with van der Waals surface area (Å²) in [5, 5.41) is 10.2. The number of carbonyl (C=O) groups is 1. The summed E-state index contributed by atoms with van der Waals surface area (Å²) in [7, 11) is 0. The highest BCUT2D eigenvalue weighted by atomic mass is 19.1. The lowest BCUT2D eigenvalue weighted by Gasteiger charge is -2.34. The van der Waals surface area contributed by atoms with Crippen LogP contribution in [-0.2, 0) is 0 Å². The molecule has 3 heterocycles. The third-order valence-electron chi connectivity index (χ3n) is 6.10. The predicted octanol–water partition coefficient (Wildman–Crippen LogP) is 5.52. The van der Waals surface area contributed by atoms with Gasteiger partial charge in [0.2, 0.25) is 0 Å². The van der Waals surface area contributed by atoms with Crippen LogP contribution >= 0.6 is 0 Å². The van der Waals surface area contributed by atoms with E-state index in [-0.39, 0.29) is 11.4 Å². The molecule has 6 heteroatoms. The molecule has 4 aromatic rings. The number of aromatic carboxylic acids is 1. The molecular weight excluding hydrogens is 405 g/mol. The van der Waals surface area contributed by atoms with E-state index in [0.717, 1.165) is 54.0 Å². The van der Waals surface area contributed by atoms with Crippen molar-refractivity contribution in [2.75, 3.05) is 18.0 Å². The monoisotopic (exact) mass is 427 g/mol. The number of pyridine rings is 2. The maximum Gasteiger partial charge on any atom is 0.335 e. The van der Waals surface area contributed by atoms with E-state index in [1.807, 2.05) is 24.4 Å². The van der Waals surface area contributed by atoms with Crippen molar-refractivity contribution < 1.29 is 14.3 Å². The first-order chi connectivity index (χ1) is 15.6. The highest BCUT2D eigenvalue weighted by molar-refractivity contribution is 5.96. The normalized spacial score (nSPS) is 14.6. The van der Waals surface area contributed by atoms with E-state index in [2.05, 4.69) is 16.0 Å². The summed E-state index contributed by atoms with van der Waals surface area (Å²) in [5.41, 5.74) is 4.60. The van der Waals surface area contributed by atoms with Crippen LogP contribution in [0.5, 0.6) is 0 Å². The minimum atomic E-state index is -0.966. The molecule has 1 aliphatic rings. The van der Waals surface area contributed by atoms with E-state index >= 15 is 0 Å². The molecule has 0 unspecified atom stereocenters. The molecule has 1 aliphatic heterocycles. The number of hydrogen-bond acceptors (Lipinski definition) is 4. The van der Waals surface area contributed by atoms with E-state index in [1.54, 1.807) is 30.3 Å². The van der Waals surface area contributed by atoms with Crippen molar-refractivity contribution >= 4 is 22.6 Å². The number of carboxylic acids is 1. The molecule has 0 atom stereocenters. The SMILES string of the molecule is O=C(O)c1ccc2nc(-c3ccc(F)cc3)c(N3CCC(c4ccccn4)CC3)cc2c1. The van der Waals surface area contributed by atoms with Crippen molar-refractivity contribution in [1.82, 2.24) is 9.97 Å². The van der Waals surface area contributed by atoms with Crippen LogP contribution in [0, 0.1) is 5.82 Å². The number of rotatable bonds is 4. The lowest BCUT2D eigenvalue weighted by Crippen LogP contribution is -2.33. The van der Waals surface area contributed by atoms with E-state index in [0.29, 0.717) is 11.4 Å². The van der Waals surface area contributed by atoms with Gasteiger partial charge in [0.1, 0.15) is 5.82 Å². The van der Waals surface area contributed by atoms with Crippen LogP contribution in [0.25, 0.3) is 22.2 Å². The van der Waals surface area contributed by atoms with Gasteiger partial charge in [0, 0.05) is 41.8 Å². The van der Waals surface area contributed by atoms with E-state index < -0.39 is 5.97 Å². The fourth-order valence-corrected chi connectivity index (χ4v) is 4.39. The Morgan fingerprint density at radius 2 is 1.78 bits per heavy atom. The fraction of sp³-hybridized carbons (Fsp3) is 0.192. The highest BCUT2D eigenvalue weighted by Gasteiger charge is 2.24. The summed E-state index contributed by atoms with van der Waals surface area (Å²) in [5.74, 6) is -0.848. The first kappa shape index (κ1) is 20.1. The van der Waals surface area contributed by atoms with Gasteiger partial charge >= 0.3 is 5.97 Å². The van der Waals surface area contributed by atoms with Gasteiger partial charge in [-0.25, -0.2) is 14.2 Å². The zero-order valence-electron chi connectivity index (χ0n) is 17.4. The van der Waals surface area contributed by atoms with Gasteiger partial charge in [0.15, 0.2) is 0 Å². The number of nitrogens with zero attached hydrogens (tertiary/aromatic N) is 3. The van der Waals surface area contributed by atoms with Crippen molar-refractivity contribution in [3.8, 4) is 11.3 Å². The smallest absolute Gasteiger partial charge is 0.335 e. The quantitative estimate of drug-likeness (QED) is 0.465. The Balaban J connectivity index is 1.54. The summed E-state index contributed by atoms with van der Waals surface area (Å²) >= 11 is 0. The molecule has 0 amide bonds. The van der Waals surface area contributed by atoms with Gasteiger partial charge < -0.3 is 10.0 Å². The molecule has 0 spiro atoms.